The zero-order chi connectivity index (χ0) is 10.4. The smallest absolute Gasteiger partial charge is 0.252 e. The van der Waals surface area contributed by atoms with Crippen LogP contribution in [0.5, 0.6) is 0 Å². The van der Waals surface area contributed by atoms with Gasteiger partial charge < -0.3 is 5.32 Å². The summed E-state index contributed by atoms with van der Waals surface area (Å²) in [4.78, 5) is 14.8. The van der Waals surface area contributed by atoms with E-state index in [1.807, 2.05) is 6.07 Å². The topological polar surface area (TPSA) is 65.8 Å². The molecule has 0 unspecified atom stereocenters. The van der Waals surface area contributed by atoms with Gasteiger partial charge >= 0.3 is 0 Å². The Balaban J connectivity index is 2.57. The van der Waals surface area contributed by atoms with Crippen LogP contribution in [0.2, 0.25) is 0 Å². The van der Waals surface area contributed by atoms with Crippen LogP contribution in [0.4, 0.5) is 4.39 Å². The van der Waals surface area contributed by atoms with Crippen LogP contribution in [0.1, 0.15) is 16.8 Å². The Bertz CT molecular complexity index is 373. The first-order chi connectivity index (χ1) is 6.74. The number of aromatic nitrogens is 1. The molecule has 0 aliphatic rings. The molecule has 0 bridgehead atoms. The fourth-order valence-corrected chi connectivity index (χ4v) is 0.870. The van der Waals surface area contributed by atoms with Gasteiger partial charge in [0.05, 0.1) is 24.3 Å². The Kier molecular flexibility index (Phi) is 3.56. The normalized spacial score (nSPS) is 9.14. The van der Waals surface area contributed by atoms with E-state index in [1.165, 1.54) is 6.20 Å². The summed E-state index contributed by atoms with van der Waals surface area (Å²) in [5, 5.41) is 10.7. The van der Waals surface area contributed by atoms with E-state index in [-0.39, 0.29) is 18.5 Å². The molecule has 1 amide bonds. The van der Waals surface area contributed by atoms with Crippen LogP contribution in [-0.4, -0.2) is 17.4 Å². The molecule has 1 aromatic rings. The SMILES string of the molecule is N#CCCNC(=O)c1cncc(F)c1. The van der Waals surface area contributed by atoms with Gasteiger partial charge in [-0.25, -0.2) is 4.39 Å². The third-order valence-electron chi connectivity index (χ3n) is 1.49. The molecule has 0 aromatic carbocycles. The van der Waals surface area contributed by atoms with E-state index >= 15 is 0 Å². The number of rotatable bonds is 3. The van der Waals surface area contributed by atoms with Gasteiger partial charge in [-0.1, -0.05) is 0 Å². The van der Waals surface area contributed by atoms with Gasteiger partial charge in [0.2, 0.25) is 0 Å². The Hall–Kier alpha value is -1.96. The second-order valence-corrected chi connectivity index (χ2v) is 2.56. The van der Waals surface area contributed by atoms with Crippen molar-refractivity contribution in [3.05, 3.63) is 29.8 Å². The van der Waals surface area contributed by atoms with Crippen molar-refractivity contribution in [2.45, 2.75) is 6.42 Å². The van der Waals surface area contributed by atoms with E-state index in [1.54, 1.807) is 0 Å². The van der Waals surface area contributed by atoms with E-state index < -0.39 is 11.7 Å². The van der Waals surface area contributed by atoms with Gasteiger partial charge in [0.25, 0.3) is 5.91 Å². The third-order valence-corrected chi connectivity index (χ3v) is 1.49. The number of hydrogen-bond acceptors (Lipinski definition) is 3. The van der Waals surface area contributed by atoms with Crippen LogP contribution in [0.15, 0.2) is 18.5 Å². The lowest BCUT2D eigenvalue weighted by Gasteiger charge is -2.01. The van der Waals surface area contributed by atoms with Crippen LogP contribution in [-0.2, 0) is 0 Å². The Morgan fingerprint density at radius 1 is 1.64 bits per heavy atom. The number of hydrogen-bond donors (Lipinski definition) is 1. The van der Waals surface area contributed by atoms with Gasteiger partial charge in [-0.05, 0) is 6.07 Å². The highest BCUT2D eigenvalue weighted by Gasteiger charge is 2.05. The molecule has 0 aliphatic carbocycles. The molecule has 0 fully saturated rings. The van der Waals surface area contributed by atoms with E-state index in [4.69, 9.17) is 5.26 Å². The fraction of sp³-hybridized carbons (Fsp3) is 0.222. The molecule has 0 saturated heterocycles. The highest BCUT2D eigenvalue weighted by atomic mass is 19.1. The first kappa shape index (κ1) is 10.1. The number of nitrogens with zero attached hydrogens (tertiary/aromatic N) is 2. The second kappa shape index (κ2) is 4.92. The molecule has 0 aliphatic heterocycles. The maximum atomic E-state index is 12.6. The highest BCUT2D eigenvalue weighted by Crippen LogP contribution is 2.00. The summed E-state index contributed by atoms with van der Waals surface area (Å²) in [6, 6.07) is 2.97. The van der Waals surface area contributed by atoms with E-state index in [0.717, 1.165) is 12.3 Å². The van der Waals surface area contributed by atoms with Crippen LogP contribution in [0.25, 0.3) is 0 Å². The van der Waals surface area contributed by atoms with Gasteiger partial charge in [-0.15, -0.1) is 0 Å². The highest BCUT2D eigenvalue weighted by molar-refractivity contribution is 5.93. The number of nitriles is 1. The Labute approximate surface area is 80.4 Å². The number of nitrogens with one attached hydrogen (secondary N) is 1. The van der Waals surface area contributed by atoms with Crippen molar-refractivity contribution in [1.82, 2.24) is 10.3 Å². The summed E-state index contributed by atoms with van der Waals surface area (Å²) < 4.78 is 12.6. The molecular formula is C9H8FN3O. The number of carbonyl (C=O) groups is 1. The van der Waals surface area contributed by atoms with Crippen LogP contribution in [0.3, 0.4) is 0 Å². The number of carbonyl (C=O) groups excluding carboxylic acids is 1. The number of pyridine rings is 1. The van der Waals surface area contributed by atoms with E-state index in [9.17, 15) is 9.18 Å². The first-order valence-electron chi connectivity index (χ1n) is 3.99. The summed E-state index contributed by atoms with van der Waals surface area (Å²) >= 11 is 0. The molecule has 1 heterocycles. The van der Waals surface area contributed by atoms with Crippen LogP contribution >= 0.6 is 0 Å². The Morgan fingerprint density at radius 3 is 3.07 bits per heavy atom. The fourth-order valence-electron chi connectivity index (χ4n) is 0.870. The molecule has 0 saturated carbocycles. The van der Waals surface area contributed by atoms with Gasteiger partial charge in [0.1, 0.15) is 5.82 Å². The molecule has 0 atom stereocenters. The summed E-state index contributed by atoms with van der Waals surface area (Å²) in [6.45, 7) is 0.256. The van der Waals surface area contributed by atoms with Crippen molar-refractivity contribution >= 4 is 5.91 Å². The monoisotopic (exact) mass is 193 g/mol. The first-order valence-corrected chi connectivity index (χ1v) is 3.99. The summed E-state index contributed by atoms with van der Waals surface area (Å²) in [7, 11) is 0. The minimum atomic E-state index is -0.557. The molecule has 0 radical (unpaired) electrons. The maximum Gasteiger partial charge on any atom is 0.252 e. The van der Waals surface area contributed by atoms with Crippen molar-refractivity contribution in [2.75, 3.05) is 6.54 Å². The van der Waals surface area contributed by atoms with Crippen molar-refractivity contribution in [1.29, 1.82) is 5.26 Å². The predicted molar refractivity (Wildman–Crippen MR) is 46.8 cm³/mol. The molecular weight excluding hydrogens is 185 g/mol. The number of amides is 1. The average molecular weight is 193 g/mol. The minimum Gasteiger partial charge on any atom is -0.351 e. The second-order valence-electron chi connectivity index (χ2n) is 2.56. The van der Waals surface area contributed by atoms with E-state index in [0.29, 0.717) is 0 Å². The molecule has 0 spiro atoms. The zero-order valence-corrected chi connectivity index (χ0v) is 7.33. The molecule has 1 rings (SSSR count). The summed E-state index contributed by atoms with van der Waals surface area (Å²) in [6.07, 6.45) is 2.52. The largest absolute Gasteiger partial charge is 0.351 e. The van der Waals surface area contributed by atoms with Crippen molar-refractivity contribution in [3.63, 3.8) is 0 Å². The van der Waals surface area contributed by atoms with Crippen molar-refractivity contribution < 1.29 is 9.18 Å². The lowest BCUT2D eigenvalue weighted by molar-refractivity contribution is 0.0953. The van der Waals surface area contributed by atoms with Crippen LogP contribution in [0, 0.1) is 17.1 Å². The standard InChI is InChI=1S/C9H8FN3O/c10-8-4-7(5-12-6-8)9(14)13-3-1-2-11/h4-6H,1,3H2,(H,13,14). The molecule has 4 nitrogen and oxygen atoms in total. The summed E-state index contributed by atoms with van der Waals surface area (Å²) in [5.74, 6) is -0.981. The van der Waals surface area contributed by atoms with Gasteiger partial charge in [-0.2, -0.15) is 5.26 Å². The average Bonchev–Trinajstić information content (AvgIpc) is 2.18. The lowest BCUT2D eigenvalue weighted by atomic mass is 10.2. The predicted octanol–water partition coefficient (Wildman–Crippen LogP) is 0.864. The van der Waals surface area contributed by atoms with Gasteiger partial charge in [0.15, 0.2) is 0 Å². The van der Waals surface area contributed by atoms with Gasteiger partial charge in [0, 0.05) is 12.7 Å². The Morgan fingerprint density at radius 2 is 2.43 bits per heavy atom. The zero-order valence-electron chi connectivity index (χ0n) is 7.33. The lowest BCUT2D eigenvalue weighted by Crippen LogP contribution is -2.24. The van der Waals surface area contributed by atoms with Crippen molar-refractivity contribution in [3.8, 4) is 6.07 Å². The van der Waals surface area contributed by atoms with Crippen LogP contribution < -0.4 is 5.32 Å². The van der Waals surface area contributed by atoms with Gasteiger partial charge in [-0.3, -0.25) is 9.78 Å². The number of halogens is 1. The maximum absolute atomic E-state index is 12.6. The van der Waals surface area contributed by atoms with E-state index in [2.05, 4.69) is 10.3 Å². The molecule has 14 heavy (non-hydrogen) atoms. The molecule has 1 N–H and O–H groups in total. The molecule has 1 aromatic heterocycles. The summed E-state index contributed by atoms with van der Waals surface area (Å²) in [5.41, 5.74) is 0.155. The quantitative estimate of drug-likeness (QED) is 0.724. The minimum absolute atomic E-state index is 0.155. The van der Waals surface area contributed by atoms with Crippen molar-refractivity contribution in [2.24, 2.45) is 0 Å². The third kappa shape index (κ3) is 2.83. The molecule has 5 heteroatoms. The molecule has 72 valence electrons.